The highest BCUT2D eigenvalue weighted by Gasteiger charge is 2.27. The summed E-state index contributed by atoms with van der Waals surface area (Å²) in [6.45, 7) is 0.433. The Kier molecular flexibility index (Phi) is 4.45. The summed E-state index contributed by atoms with van der Waals surface area (Å²) in [6, 6.07) is 15.6. The van der Waals surface area contributed by atoms with Crippen LogP contribution in [0.5, 0.6) is 0 Å². The summed E-state index contributed by atoms with van der Waals surface area (Å²) in [6.07, 6.45) is 1.78. The quantitative estimate of drug-likeness (QED) is 0.851. The van der Waals surface area contributed by atoms with E-state index >= 15 is 0 Å². The lowest BCUT2D eigenvalue weighted by atomic mass is 10.2. The Bertz CT molecular complexity index is 782. The third-order valence-corrected chi connectivity index (χ3v) is 5.16. The van der Waals surface area contributed by atoms with Crippen molar-refractivity contribution in [3.63, 3.8) is 0 Å². The van der Waals surface area contributed by atoms with Gasteiger partial charge in [-0.1, -0.05) is 30.3 Å². The molecule has 2 aromatic carbocycles. The Balaban J connectivity index is 1.63. The maximum atomic E-state index is 12.1. The van der Waals surface area contributed by atoms with Gasteiger partial charge < -0.3 is 5.32 Å². The monoisotopic (exact) mass is 330 g/mol. The van der Waals surface area contributed by atoms with Crippen LogP contribution in [-0.2, 0) is 16.6 Å². The number of sulfonamides is 1. The summed E-state index contributed by atoms with van der Waals surface area (Å²) in [5.74, 6) is -0.229. The van der Waals surface area contributed by atoms with Gasteiger partial charge in [0.15, 0.2) is 0 Å². The summed E-state index contributed by atoms with van der Waals surface area (Å²) in [5.41, 5.74) is 1.44. The third kappa shape index (κ3) is 4.18. The van der Waals surface area contributed by atoms with Crippen LogP contribution in [0.1, 0.15) is 28.8 Å². The molecule has 120 valence electrons. The molecule has 0 heterocycles. The van der Waals surface area contributed by atoms with E-state index in [1.807, 2.05) is 30.3 Å². The first-order valence-corrected chi connectivity index (χ1v) is 8.97. The van der Waals surface area contributed by atoms with Gasteiger partial charge in [-0.2, -0.15) is 0 Å². The van der Waals surface area contributed by atoms with Crippen LogP contribution in [0, 0.1) is 0 Å². The Labute approximate surface area is 135 Å². The lowest BCUT2D eigenvalue weighted by molar-refractivity contribution is 0.0951. The average Bonchev–Trinajstić information content (AvgIpc) is 3.37. The van der Waals surface area contributed by atoms with Crippen molar-refractivity contribution in [1.82, 2.24) is 10.0 Å². The van der Waals surface area contributed by atoms with Crippen LogP contribution in [0.15, 0.2) is 59.5 Å². The Morgan fingerprint density at radius 3 is 2.26 bits per heavy atom. The van der Waals surface area contributed by atoms with Gasteiger partial charge in [0.1, 0.15) is 0 Å². The van der Waals surface area contributed by atoms with Crippen LogP contribution in [0.4, 0.5) is 0 Å². The molecule has 0 radical (unpaired) electrons. The molecular formula is C17H18N2O3S. The lowest BCUT2D eigenvalue weighted by Crippen LogP contribution is -2.26. The van der Waals surface area contributed by atoms with Gasteiger partial charge in [0.05, 0.1) is 4.90 Å². The van der Waals surface area contributed by atoms with E-state index in [2.05, 4.69) is 10.0 Å². The van der Waals surface area contributed by atoms with Crippen LogP contribution in [0.3, 0.4) is 0 Å². The van der Waals surface area contributed by atoms with E-state index in [1.54, 1.807) is 0 Å². The molecule has 1 saturated carbocycles. The van der Waals surface area contributed by atoms with Crippen LogP contribution >= 0.6 is 0 Å². The van der Waals surface area contributed by atoms with Gasteiger partial charge in [-0.25, -0.2) is 13.1 Å². The first-order valence-electron chi connectivity index (χ1n) is 7.49. The van der Waals surface area contributed by atoms with Crippen LogP contribution in [-0.4, -0.2) is 20.4 Å². The van der Waals surface area contributed by atoms with Crippen molar-refractivity contribution < 1.29 is 13.2 Å². The molecule has 3 rings (SSSR count). The molecule has 23 heavy (non-hydrogen) atoms. The Morgan fingerprint density at radius 2 is 1.65 bits per heavy atom. The van der Waals surface area contributed by atoms with Gasteiger partial charge in [-0.15, -0.1) is 0 Å². The van der Waals surface area contributed by atoms with E-state index in [0.29, 0.717) is 12.1 Å². The molecule has 0 aliphatic heterocycles. The van der Waals surface area contributed by atoms with E-state index in [0.717, 1.165) is 18.4 Å². The number of carbonyl (C=O) groups excluding carboxylic acids is 1. The molecule has 2 N–H and O–H groups in total. The molecule has 5 nitrogen and oxygen atoms in total. The highest BCUT2D eigenvalue weighted by molar-refractivity contribution is 7.89. The second kappa shape index (κ2) is 6.52. The SMILES string of the molecule is O=C(NCc1ccccc1)c1ccc(S(=O)(=O)NC2CC2)cc1. The Hall–Kier alpha value is -2.18. The highest BCUT2D eigenvalue weighted by atomic mass is 32.2. The molecule has 1 aliphatic rings. The summed E-state index contributed by atoms with van der Waals surface area (Å²) >= 11 is 0. The van der Waals surface area contributed by atoms with E-state index < -0.39 is 10.0 Å². The number of nitrogens with one attached hydrogen (secondary N) is 2. The van der Waals surface area contributed by atoms with Crippen molar-refractivity contribution in [2.45, 2.75) is 30.3 Å². The maximum absolute atomic E-state index is 12.1. The van der Waals surface area contributed by atoms with Crippen molar-refractivity contribution >= 4 is 15.9 Å². The zero-order valence-corrected chi connectivity index (χ0v) is 13.3. The molecule has 0 saturated heterocycles. The molecule has 6 heteroatoms. The van der Waals surface area contributed by atoms with Crippen LogP contribution in [0.2, 0.25) is 0 Å². The molecule has 1 amide bonds. The van der Waals surface area contributed by atoms with Crippen LogP contribution in [0.25, 0.3) is 0 Å². The molecular weight excluding hydrogens is 312 g/mol. The van der Waals surface area contributed by atoms with Gasteiger partial charge in [-0.05, 0) is 42.7 Å². The zero-order chi connectivity index (χ0) is 16.3. The van der Waals surface area contributed by atoms with Crippen molar-refractivity contribution in [3.8, 4) is 0 Å². The molecule has 0 aromatic heterocycles. The van der Waals surface area contributed by atoms with E-state index in [-0.39, 0.29) is 16.8 Å². The normalized spacial score (nSPS) is 14.4. The summed E-state index contributed by atoms with van der Waals surface area (Å²) in [5, 5.41) is 2.81. The minimum atomic E-state index is -3.48. The summed E-state index contributed by atoms with van der Waals surface area (Å²) in [7, 11) is -3.48. The van der Waals surface area contributed by atoms with Gasteiger partial charge in [0.2, 0.25) is 10.0 Å². The Morgan fingerprint density at radius 1 is 1.00 bits per heavy atom. The number of carbonyl (C=O) groups is 1. The maximum Gasteiger partial charge on any atom is 0.251 e. The number of rotatable bonds is 6. The molecule has 0 unspecified atom stereocenters. The molecule has 0 spiro atoms. The van der Waals surface area contributed by atoms with E-state index in [9.17, 15) is 13.2 Å². The number of hydrogen-bond donors (Lipinski definition) is 2. The fourth-order valence-corrected chi connectivity index (χ4v) is 3.46. The second-order valence-corrected chi connectivity index (χ2v) is 7.30. The summed E-state index contributed by atoms with van der Waals surface area (Å²) in [4.78, 5) is 12.3. The highest BCUT2D eigenvalue weighted by Crippen LogP contribution is 2.22. The fraction of sp³-hybridized carbons (Fsp3) is 0.235. The van der Waals surface area contributed by atoms with Crippen molar-refractivity contribution in [1.29, 1.82) is 0 Å². The predicted octanol–water partition coefficient (Wildman–Crippen LogP) is 2.06. The molecule has 1 fully saturated rings. The van der Waals surface area contributed by atoms with Gasteiger partial charge in [0.25, 0.3) is 5.91 Å². The summed E-state index contributed by atoms with van der Waals surface area (Å²) < 4.78 is 26.7. The third-order valence-electron chi connectivity index (χ3n) is 3.62. The van der Waals surface area contributed by atoms with E-state index in [1.165, 1.54) is 24.3 Å². The van der Waals surface area contributed by atoms with Gasteiger partial charge in [-0.3, -0.25) is 4.79 Å². The number of hydrogen-bond acceptors (Lipinski definition) is 3. The second-order valence-electron chi connectivity index (χ2n) is 5.59. The number of amides is 1. The molecule has 0 bridgehead atoms. The van der Waals surface area contributed by atoms with Crippen LogP contribution < -0.4 is 10.0 Å². The molecule has 0 atom stereocenters. The fourth-order valence-electron chi connectivity index (χ4n) is 2.15. The molecule has 1 aliphatic carbocycles. The largest absolute Gasteiger partial charge is 0.348 e. The number of benzene rings is 2. The molecule has 2 aromatic rings. The van der Waals surface area contributed by atoms with Crippen molar-refractivity contribution in [3.05, 3.63) is 65.7 Å². The first-order chi connectivity index (χ1) is 11.0. The van der Waals surface area contributed by atoms with Gasteiger partial charge >= 0.3 is 0 Å². The predicted molar refractivity (Wildman–Crippen MR) is 87.4 cm³/mol. The minimum absolute atomic E-state index is 0.0637. The van der Waals surface area contributed by atoms with Crippen molar-refractivity contribution in [2.24, 2.45) is 0 Å². The smallest absolute Gasteiger partial charge is 0.251 e. The first kappa shape index (κ1) is 15.7. The van der Waals surface area contributed by atoms with Gasteiger partial charge in [0, 0.05) is 18.2 Å². The average molecular weight is 330 g/mol. The van der Waals surface area contributed by atoms with E-state index in [4.69, 9.17) is 0 Å². The standard InChI is InChI=1S/C17H18N2O3S/c20-17(18-12-13-4-2-1-3-5-13)14-6-10-16(11-7-14)23(21,22)19-15-8-9-15/h1-7,10-11,15,19H,8-9,12H2,(H,18,20). The minimum Gasteiger partial charge on any atom is -0.348 e. The topological polar surface area (TPSA) is 75.3 Å². The lowest BCUT2D eigenvalue weighted by Gasteiger charge is -2.08. The zero-order valence-electron chi connectivity index (χ0n) is 12.5. The van der Waals surface area contributed by atoms with Crippen molar-refractivity contribution in [2.75, 3.05) is 0 Å².